The van der Waals surface area contributed by atoms with Crippen LogP contribution < -0.4 is 10.5 Å². The first kappa shape index (κ1) is 10.7. The second kappa shape index (κ2) is 3.80. The van der Waals surface area contributed by atoms with E-state index in [0.717, 1.165) is 28.0 Å². The van der Waals surface area contributed by atoms with Crippen molar-refractivity contribution < 1.29 is 4.74 Å². The molecule has 3 aromatic rings. The van der Waals surface area contributed by atoms with E-state index in [4.69, 9.17) is 10.5 Å². The minimum absolute atomic E-state index is 0.656. The van der Waals surface area contributed by atoms with Gasteiger partial charge in [-0.2, -0.15) is 5.10 Å². The monoisotopic (exact) mass is 242 g/mol. The summed E-state index contributed by atoms with van der Waals surface area (Å²) in [6.07, 6.45) is 1.65. The number of nitrogens with zero attached hydrogens (tertiary/aromatic N) is 2. The van der Waals surface area contributed by atoms with E-state index in [1.165, 1.54) is 0 Å². The Morgan fingerprint density at radius 1 is 1.39 bits per heavy atom. The molecule has 0 aliphatic carbocycles. The lowest BCUT2D eigenvalue weighted by Gasteiger charge is -1.99. The Balaban J connectivity index is 2.26. The maximum Gasteiger partial charge on any atom is 0.128 e. The van der Waals surface area contributed by atoms with Crippen LogP contribution in [0.3, 0.4) is 0 Å². The number of ether oxygens (including phenoxy) is 1. The number of methoxy groups -OCH3 is 1. The fourth-order valence-corrected chi connectivity index (χ4v) is 2.22. The predicted octanol–water partition coefficient (Wildman–Crippen LogP) is 2.16. The quantitative estimate of drug-likeness (QED) is 0.723. The summed E-state index contributed by atoms with van der Waals surface area (Å²) in [6.45, 7) is 0. The molecule has 92 valence electrons. The average Bonchev–Trinajstić information content (AvgIpc) is 2.92. The second-order valence-electron chi connectivity index (χ2n) is 4.18. The number of hydrogen-bond donors (Lipinski definition) is 2. The molecule has 0 saturated carbocycles. The van der Waals surface area contributed by atoms with E-state index < -0.39 is 0 Å². The lowest BCUT2D eigenvalue weighted by molar-refractivity contribution is 0.420. The van der Waals surface area contributed by atoms with Gasteiger partial charge in [0.2, 0.25) is 0 Å². The fraction of sp³-hybridized carbons (Fsp3) is 0.154. The van der Waals surface area contributed by atoms with E-state index in [1.807, 2.05) is 31.3 Å². The lowest BCUT2D eigenvalue weighted by Crippen LogP contribution is -1.95. The Hall–Kier alpha value is -2.43. The number of nitrogen functional groups attached to an aromatic ring is 1. The van der Waals surface area contributed by atoms with Crippen LogP contribution in [-0.2, 0) is 7.05 Å². The third kappa shape index (κ3) is 1.44. The van der Waals surface area contributed by atoms with Crippen LogP contribution in [0.15, 0.2) is 30.5 Å². The SMILES string of the molecule is COc1cccc2[nH]c(-c3c(N)cnn3C)cc12. The van der Waals surface area contributed by atoms with Crippen LogP contribution in [0.2, 0.25) is 0 Å². The molecule has 0 aliphatic heterocycles. The molecular formula is C13H14N4O. The Morgan fingerprint density at radius 3 is 2.89 bits per heavy atom. The van der Waals surface area contributed by atoms with Crippen LogP contribution in [0, 0.1) is 0 Å². The first-order valence-electron chi connectivity index (χ1n) is 5.64. The number of aromatic nitrogens is 3. The van der Waals surface area contributed by atoms with Gasteiger partial charge in [0, 0.05) is 18.0 Å². The molecule has 0 radical (unpaired) electrons. The van der Waals surface area contributed by atoms with Gasteiger partial charge in [0.1, 0.15) is 11.4 Å². The predicted molar refractivity (Wildman–Crippen MR) is 71.5 cm³/mol. The Labute approximate surface area is 104 Å². The molecule has 0 saturated heterocycles. The number of nitrogens with two attached hydrogens (primary N) is 1. The highest BCUT2D eigenvalue weighted by Crippen LogP contribution is 2.32. The Bertz CT molecular complexity index is 691. The van der Waals surface area contributed by atoms with Crippen LogP contribution in [0.5, 0.6) is 5.75 Å². The molecule has 0 fully saturated rings. The first-order chi connectivity index (χ1) is 8.70. The van der Waals surface area contributed by atoms with E-state index in [2.05, 4.69) is 10.1 Å². The number of aromatic amines is 1. The largest absolute Gasteiger partial charge is 0.496 e. The number of benzene rings is 1. The molecule has 0 aliphatic rings. The van der Waals surface area contributed by atoms with E-state index in [1.54, 1.807) is 18.0 Å². The Kier molecular flexibility index (Phi) is 2.26. The molecule has 0 unspecified atom stereocenters. The second-order valence-corrected chi connectivity index (χ2v) is 4.18. The zero-order valence-corrected chi connectivity index (χ0v) is 10.3. The zero-order chi connectivity index (χ0) is 12.7. The third-order valence-electron chi connectivity index (χ3n) is 3.07. The molecular weight excluding hydrogens is 228 g/mol. The van der Waals surface area contributed by atoms with Gasteiger partial charge >= 0.3 is 0 Å². The minimum atomic E-state index is 0.656. The summed E-state index contributed by atoms with van der Waals surface area (Å²) in [5.41, 5.74) is 9.42. The number of fused-ring (bicyclic) bond motifs is 1. The minimum Gasteiger partial charge on any atom is -0.496 e. The van der Waals surface area contributed by atoms with Gasteiger partial charge in [0.25, 0.3) is 0 Å². The molecule has 5 heteroatoms. The maximum atomic E-state index is 5.93. The number of nitrogens with one attached hydrogen (secondary N) is 1. The highest BCUT2D eigenvalue weighted by Gasteiger charge is 2.12. The van der Waals surface area contributed by atoms with Crippen molar-refractivity contribution in [2.75, 3.05) is 12.8 Å². The molecule has 18 heavy (non-hydrogen) atoms. The van der Waals surface area contributed by atoms with Crippen molar-refractivity contribution in [3.63, 3.8) is 0 Å². The van der Waals surface area contributed by atoms with Crippen LogP contribution in [-0.4, -0.2) is 21.9 Å². The summed E-state index contributed by atoms with van der Waals surface area (Å²) >= 11 is 0. The summed E-state index contributed by atoms with van der Waals surface area (Å²) in [5, 5.41) is 5.18. The van der Waals surface area contributed by atoms with E-state index in [9.17, 15) is 0 Å². The van der Waals surface area contributed by atoms with Crippen molar-refractivity contribution in [3.05, 3.63) is 30.5 Å². The van der Waals surface area contributed by atoms with Crippen LogP contribution in [0.4, 0.5) is 5.69 Å². The molecule has 0 atom stereocenters. The molecule has 3 N–H and O–H groups in total. The van der Waals surface area contributed by atoms with Crippen LogP contribution >= 0.6 is 0 Å². The molecule has 0 spiro atoms. The lowest BCUT2D eigenvalue weighted by atomic mass is 10.2. The number of rotatable bonds is 2. The molecule has 0 bridgehead atoms. The van der Waals surface area contributed by atoms with E-state index in [0.29, 0.717) is 5.69 Å². The van der Waals surface area contributed by atoms with Gasteiger partial charge in [-0.3, -0.25) is 4.68 Å². The van der Waals surface area contributed by atoms with Gasteiger partial charge < -0.3 is 15.5 Å². The van der Waals surface area contributed by atoms with Gasteiger partial charge in [-0.15, -0.1) is 0 Å². The van der Waals surface area contributed by atoms with Crippen molar-refractivity contribution in [2.24, 2.45) is 7.05 Å². The number of aryl methyl sites for hydroxylation is 1. The van der Waals surface area contributed by atoms with Gasteiger partial charge in [-0.25, -0.2) is 0 Å². The summed E-state index contributed by atoms with van der Waals surface area (Å²) in [6, 6.07) is 7.93. The average molecular weight is 242 g/mol. The standard InChI is InChI=1S/C13H14N4O/c1-17-13(9(14)7-15-17)11-6-8-10(16-11)4-3-5-12(8)18-2/h3-7,16H,14H2,1-2H3. The summed E-state index contributed by atoms with van der Waals surface area (Å²) in [7, 11) is 3.54. The number of H-pyrrole nitrogens is 1. The number of anilines is 1. The smallest absolute Gasteiger partial charge is 0.128 e. The van der Waals surface area contributed by atoms with Crippen molar-refractivity contribution in [1.82, 2.24) is 14.8 Å². The fourth-order valence-electron chi connectivity index (χ4n) is 2.22. The molecule has 2 heterocycles. The number of hydrogen-bond acceptors (Lipinski definition) is 3. The van der Waals surface area contributed by atoms with Crippen molar-refractivity contribution in [2.45, 2.75) is 0 Å². The summed E-state index contributed by atoms with van der Waals surface area (Å²) in [4.78, 5) is 3.33. The van der Waals surface area contributed by atoms with Gasteiger partial charge in [-0.05, 0) is 18.2 Å². The molecule has 1 aromatic carbocycles. The van der Waals surface area contributed by atoms with Crippen molar-refractivity contribution >= 4 is 16.6 Å². The first-order valence-corrected chi connectivity index (χ1v) is 5.64. The topological polar surface area (TPSA) is 68.9 Å². The van der Waals surface area contributed by atoms with E-state index >= 15 is 0 Å². The van der Waals surface area contributed by atoms with Crippen LogP contribution in [0.1, 0.15) is 0 Å². The maximum absolute atomic E-state index is 5.93. The van der Waals surface area contributed by atoms with E-state index in [-0.39, 0.29) is 0 Å². The summed E-state index contributed by atoms with van der Waals surface area (Å²) < 4.78 is 7.10. The zero-order valence-electron chi connectivity index (χ0n) is 10.3. The van der Waals surface area contributed by atoms with Crippen LogP contribution in [0.25, 0.3) is 22.3 Å². The molecule has 2 aromatic heterocycles. The third-order valence-corrected chi connectivity index (χ3v) is 3.07. The molecule has 5 nitrogen and oxygen atoms in total. The van der Waals surface area contributed by atoms with Gasteiger partial charge in [0.15, 0.2) is 0 Å². The Morgan fingerprint density at radius 2 is 2.22 bits per heavy atom. The van der Waals surface area contributed by atoms with Gasteiger partial charge in [0.05, 0.1) is 24.7 Å². The van der Waals surface area contributed by atoms with Crippen molar-refractivity contribution in [1.29, 1.82) is 0 Å². The normalized spacial score (nSPS) is 11.0. The summed E-state index contributed by atoms with van der Waals surface area (Å²) in [5.74, 6) is 0.843. The highest BCUT2D eigenvalue weighted by atomic mass is 16.5. The van der Waals surface area contributed by atoms with Gasteiger partial charge in [-0.1, -0.05) is 6.07 Å². The highest BCUT2D eigenvalue weighted by molar-refractivity contribution is 5.91. The van der Waals surface area contributed by atoms with Crippen molar-refractivity contribution in [3.8, 4) is 17.1 Å². The molecule has 0 amide bonds. The molecule has 3 rings (SSSR count).